The van der Waals surface area contributed by atoms with Crippen LogP contribution in [0.25, 0.3) is 0 Å². The fourth-order valence-electron chi connectivity index (χ4n) is 3.42. The number of carbonyl (C=O) groups is 1. The zero-order chi connectivity index (χ0) is 17.8. The quantitative estimate of drug-likeness (QED) is 0.829. The number of hydrogen-bond acceptors (Lipinski definition) is 3. The molecule has 0 spiro atoms. The van der Waals surface area contributed by atoms with Gasteiger partial charge in [0.25, 0.3) is 5.91 Å². The largest absolute Gasteiger partial charge is 0.495 e. The van der Waals surface area contributed by atoms with E-state index in [1.54, 1.807) is 7.11 Å². The van der Waals surface area contributed by atoms with Crippen LogP contribution in [0.4, 0.5) is 5.69 Å². The van der Waals surface area contributed by atoms with Crippen LogP contribution in [-0.4, -0.2) is 26.2 Å². The maximum Gasteiger partial charge on any atom is 0.265 e. The van der Waals surface area contributed by atoms with Gasteiger partial charge in [-0.25, -0.2) is 0 Å². The standard InChI is InChI=1S/C21H25NO3/c1-4-16-8-5-6-10-18(16)25-14-20(23)22-13-7-9-17-15(2)11-12-19(24-3)21(17)22/h5-6,8,10-12H,4,7,9,13-14H2,1-3H3. The van der Waals surface area contributed by atoms with Crippen LogP contribution in [0, 0.1) is 6.92 Å². The highest BCUT2D eigenvalue weighted by Gasteiger charge is 2.27. The van der Waals surface area contributed by atoms with E-state index in [4.69, 9.17) is 9.47 Å². The van der Waals surface area contributed by atoms with Gasteiger partial charge < -0.3 is 14.4 Å². The number of para-hydroxylation sites is 1. The second-order valence-electron chi connectivity index (χ2n) is 6.31. The first kappa shape index (κ1) is 17.3. The number of aryl methyl sites for hydroxylation is 2. The minimum absolute atomic E-state index is 0.0317. The smallest absolute Gasteiger partial charge is 0.265 e. The second kappa shape index (κ2) is 7.60. The number of rotatable bonds is 5. The summed E-state index contributed by atoms with van der Waals surface area (Å²) >= 11 is 0. The van der Waals surface area contributed by atoms with Crippen molar-refractivity contribution in [1.82, 2.24) is 0 Å². The third-order valence-corrected chi connectivity index (χ3v) is 4.78. The first-order valence-electron chi connectivity index (χ1n) is 8.83. The minimum atomic E-state index is -0.0317. The molecule has 0 unspecified atom stereocenters. The fraction of sp³-hybridized carbons (Fsp3) is 0.381. The summed E-state index contributed by atoms with van der Waals surface area (Å²) in [6.07, 6.45) is 2.81. The molecule has 1 aliphatic heterocycles. The van der Waals surface area contributed by atoms with Crippen molar-refractivity contribution < 1.29 is 14.3 Å². The highest BCUT2D eigenvalue weighted by atomic mass is 16.5. The minimum Gasteiger partial charge on any atom is -0.495 e. The lowest BCUT2D eigenvalue weighted by Crippen LogP contribution is -2.39. The van der Waals surface area contributed by atoms with Gasteiger partial charge in [-0.2, -0.15) is 0 Å². The van der Waals surface area contributed by atoms with E-state index in [0.717, 1.165) is 42.0 Å². The van der Waals surface area contributed by atoms with Gasteiger partial charge in [0.05, 0.1) is 12.8 Å². The summed E-state index contributed by atoms with van der Waals surface area (Å²) < 4.78 is 11.3. The third-order valence-electron chi connectivity index (χ3n) is 4.78. The maximum absolute atomic E-state index is 12.9. The molecule has 1 heterocycles. The van der Waals surface area contributed by atoms with Gasteiger partial charge in [0, 0.05) is 6.54 Å². The van der Waals surface area contributed by atoms with E-state index in [0.29, 0.717) is 6.54 Å². The molecule has 0 radical (unpaired) electrons. The number of nitrogens with zero attached hydrogens (tertiary/aromatic N) is 1. The number of benzene rings is 2. The molecule has 25 heavy (non-hydrogen) atoms. The van der Waals surface area contributed by atoms with E-state index in [9.17, 15) is 4.79 Å². The van der Waals surface area contributed by atoms with Crippen molar-refractivity contribution in [3.63, 3.8) is 0 Å². The monoisotopic (exact) mass is 339 g/mol. The molecule has 4 nitrogen and oxygen atoms in total. The molecule has 3 rings (SSSR count). The topological polar surface area (TPSA) is 38.8 Å². The van der Waals surface area contributed by atoms with Crippen LogP contribution in [0.5, 0.6) is 11.5 Å². The molecular formula is C21H25NO3. The highest BCUT2D eigenvalue weighted by molar-refractivity contribution is 5.97. The van der Waals surface area contributed by atoms with E-state index in [-0.39, 0.29) is 12.5 Å². The summed E-state index contributed by atoms with van der Waals surface area (Å²) in [7, 11) is 1.65. The number of methoxy groups -OCH3 is 1. The Morgan fingerprint density at radius 3 is 2.72 bits per heavy atom. The molecule has 2 aromatic carbocycles. The van der Waals surface area contributed by atoms with Crippen LogP contribution >= 0.6 is 0 Å². The maximum atomic E-state index is 12.9. The molecule has 0 atom stereocenters. The summed E-state index contributed by atoms with van der Waals surface area (Å²) in [6, 6.07) is 11.9. The molecule has 0 bridgehead atoms. The van der Waals surface area contributed by atoms with Crippen molar-refractivity contribution in [3.05, 3.63) is 53.1 Å². The predicted octanol–water partition coefficient (Wildman–Crippen LogP) is 3.92. The summed E-state index contributed by atoms with van der Waals surface area (Å²) in [6.45, 7) is 4.90. The van der Waals surface area contributed by atoms with Crippen molar-refractivity contribution >= 4 is 11.6 Å². The van der Waals surface area contributed by atoms with Gasteiger partial charge >= 0.3 is 0 Å². The number of anilines is 1. The van der Waals surface area contributed by atoms with Crippen LogP contribution < -0.4 is 14.4 Å². The molecule has 0 N–H and O–H groups in total. The Balaban J connectivity index is 1.82. The molecule has 0 aromatic heterocycles. The number of amides is 1. The van der Waals surface area contributed by atoms with E-state index in [2.05, 4.69) is 19.9 Å². The van der Waals surface area contributed by atoms with E-state index in [1.165, 1.54) is 11.1 Å². The Morgan fingerprint density at radius 2 is 1.96 bits per heavy atom. The van der Waals surface area contributed by atoms with Crippen LogP contribution in [-0.2, 0) is 17.6 Å². The molecule has 0 aliphatic carbocycles. The Labute approximate surface area is 149 Å². The summed E-state index contributed by atoms with van der Waals surface area (Å²) in [5.41, 5.74) is 4.42. The lowest BCUT2D eigenvalue weighted by atomic mass is 9.96. The van der Waals surface area contributed by atoms with Gasteiger partial charge in [0.2, 0.25) is 0 Å². The SMILES string of the molecule is CCc1ccccc1OCC(=O)N1CCCc2c(C)ccc(OC)c21. The molecule has 0 fully saturated rings. The molecule has 1 aliphatic rings. The molecule has 0 saturated heterocycles. The van der Waals surface area contributed by atoms with Crippen molar-refractivity contribution in [2.24, 2.45) is 0 Å². The molecule has 4 heteroatoms. The average molecular weight is 339 g/mol. The van der Waals surface area contributed by atoms with Gasteiger partial charge in [-0.3, -0.25) is 4.79 Å². The first-order chi connectivity index (χ1) is 12.2. The summed E-state index contributed by atoms with van der Waals surface area (Å²) in [4.78, 5) is 14.7. The second-order valence-corrected chi connectivity index (χ2v) is 6.31. The molecule has 1 amide bonds. The van der Waals surface area contributed by atoms with Crippen LogP contribution in [0.1, 0.15) is 30.0 Å². The Morgan fingerprint density at radius 1 is 1.16 bits per heavy atom. The number of hydrogen-bond donors (Lipinski definition) is 0. The Bertz CT molecular complexity index is 770. The normalized spacial score (nSPS) is 13.3. The zero-order valence-corrected chi connectivity index (χ0v) is 15.2. The molecular weight excluding hydrogens is 314 g/mol. The van der Waals surface area contributed by atoms with Crippen LogP contribution in [0.3, 0.4) is 0 Å². The lowest BCUT2D eigenvalue weighted by Gasteiger charge is -2.32. The van der Waals surface area contributed by atoms with Crippen molar-refractivity contribution in [2.45, 2.75) is 33.1 Å². The van der Waals surface area contributed by atoms with Gasteiger partial charge in [0.15, 0.2) is 6.61 Å². The third kappa shape index (κ3) is 3.48. The lowest BCUT2D eigenvalue weighted by molar-refractivity contribution is -0.120. The Hall–Kier alpha value is -2.49. The number of carbonyl (C=O) groups excluding carboxylic acids is 1. The predicted molar refractivity (Wildman–Crippen MR) is 99.7 cm³/mol. The highest BCUT2D eigenvalue weighted by Crippen LogP contribution is 2.38. The van der Waals surface area contributed by atoms with Crippen molar-refractivity contribution in [3.8, 4) is 11.5 Å². The van der Waals surface area contributed by atoms with Gasteiger partial charge in [-0.05, 0) is 55.0 Å². The van der Waals surface area contributed by atoms with E-state index >= 15 is 0 Å². The van der Waals surface area contributed by atoms with Gasteiger partial charge in [-0.15, -0.1) is 0 Å². The van der Waals surface area contributed by atoms with Crippen molar-refractivity contribution in [1.29, 1.82) is 0 Å². The Kier molecular flexibility index (Phi) is 5.27. The van der Waals surface area contributed by atoms with E-state index < -0.39 is 0 Å². The molecule has 0 saturated carbocycles. The number of fused-ring (bicyclic) bond motifs is 1. The first-order valence-corrected chi connectivity index (χ1v) is 8.83. The van der Waals surface area contributed by atoms with Gasteiger partial charge in [0.1, 0.15) is 11.5 Å². The van der Waals surface area contributed by atoms with E-state index in [1.807, 2.05) is 35.2 Å². The van der Waals surface area contributed by atoms with Gasteiger partial charge in [-0.1, -0.05) is 31.2 Å². The fourth-order valence-corrected chi connectivity index (χ4v) is 3.42. The van der Waals surface area contributed by atoms with Crippen molar-refractivity contribution in [2.75, 3.05) is 25.2 Å². The van der Waals surface area contributed by atoms with Crippen LogP contribution in [0.2, 0.25) is 0 Å². The summed E-state index contributed by atoms with van der Waals surface area (Å²) in [5, 5.41) is 0. The molecule has 132 valence electrons. The zero-order valence-electron chi connectivity index (χ0n) is 15.2. The average Bonchev–Trinajstić information content (AvgIpc) is 2.66. The molecule has 2 aromatic rings. The van der Waals surface area contributed by atoms with Crippen LogP contribution in [0.15, 0.2) is 36.4 Å². The number of ether oxygens (including phenoxy) is 2. The summed E-state index contributed by atoms with van der Waals surface area (Å²) in [5.74, 6) is 1.50.